The molecule has 386 valence electrons. The zero-order valence-corrected chi connectivity index (χ0v) is 46.9. The third kappa shape index (κ3) is 10.4. The molecular weight excluding hydrogens is 976 g/mol. The van der Waals surface area contributed by atoms with Gasteiger partial charge in [-0.05, 0) is 284 Å². The van der Waals surface area contributed by atoms with Crippen molar-refractivity contribution in [2.45, 2.75) is 195 Å². The largest absolute Gasteiger partial charge is 0.390 e. The first-order valence-electron chi connectivity index (χ1n) is 27.9. The van der Waals surface area contributed by atoms with E-state index < -0.39 is 11.2 Å². The number of carbonyl (C=O) groups excluding carboxylic acids is 2. The van der Waals surface area contributed by atoms with Crippen molar-refractivity contribution < 1.29 is 19.8 Å². The standard InChI is InChI=1S/C30H41ClN2O2.C23H37BrO2.C11H4/c1-4-30-14-13-28(2,35)16-20(30)5-7-22-23-8-9-25(29(23,3)12-11-24(22)30)27(34)18-33-17-19-15-21(31)6-10-26(19)32-33;1-4-23-12-11-21(2,26)13-15(23)5-6-16-17-7-8-19(20(25)14-24)22(17,3)10-9-18(16)23;1-3-5-7-9-11-10-8-6-4-2/h6,10,15,17,20,22-25,35H,4-5,7-9,11-14,16,18H2,1-3H3;15-19,26H,4-14H2,1-3H3;1H,2H3/t20-,22+,23+,24+,25-,28-,29+,30+;15-,16+,17+,18+,19-,21-,22+,23+;/m11./s1. The molecule has 2 aromatic rings. The molecule has 2 N–H and O–H groups in total. The van der Waals surface area contributed by atoms with Crippen LogP contribution in [0.1, 0.15) is 177 Å². The van der Waals surface area contributed by atoms with Gasteiger partial charge in [0.15, 0.2) is 5.78 Å². The van der Waals surface area contributed by atoms with E-state index in [1.165, 1.54) is 89.9 Å². The highest BCUT2D eigenvalue weighted by Gasteiger charge is 2.64. The van der Waals surface area contributed by atoms with Gasteiger partial charge in [0.2, 0.25) is 0 Å². The topological polar surface area (TPSA) is 92.4 Å². The molecule has 8 aliphatic carbocycles. The number of rotatable bonds is 7. The van der Waals surface area contributed by atoms with Gasteiger partial charge in [-0.3, -0.25) is 14.3 Å². The van der Waals surface area contributed by atoms with Crippen LogP contribution in [-0.2, 0) is 16.1 Å². The lowest BCUT2D eigenvalue weighted by Crippen LogP contribution is -2.56. The number of terminal acetylenes is 1. The second-order valence-corrected chi connectivity index (χ2v) is 26.1. The van der Waals surface area contributed by atoms with Gasteiger partial charge < -0.3 is 10.2 Å². The van der Waals surface area contributed by atoms with Crippen LogP contribution in [0.25, 0.3) is 10.9 Å². The molecule has 6 nitrogen and oxygen atoms in total. The number of Topliss-reactive ketones (excluding diaryl/α,β-unsaturated/α-hetero) is 2. The summed E-state index contributed by atoms with van der Waals surface area (Å²) in [5.41, 5.74) is 1.21. The molecule has 10 rings (SSSR count). The monoisotopic (exact) mass is 1060 g/mol. The van der Waals surface area contributed by atoms with Crippen molar-refractivity contribution in [3.63, 3.8) is 0 Å². The minimum absolute atomic E-state index is 0.121. The quantitative estimate of drug-likeness (QED) is 0.213. The van der Waals surface area contributed by atoms with E-state index in [-0.39, 0.29) is 22.7 Å². The van der Waals surface area contributed by atoms with Crippen molar-refractivity contribution in [3.05, 3.63) is 29.4 Å². The summed E-state index contributed by atoms with van der Waals surface area (Å²) in [4.78, 5) is 26.3. The van der Waals surface area contributed by atoms with Gasteiger partial charge in [-0.2, -0.15) is 5.10 Å². The highest BCUT2D eigenvalue weighted by atomic mass is 79.9. The van der Waals surface area contributed by atoms with Crippen LogP contribution in [0.2, 0.25) is 5.02 Å². The van der Waals surface area contributed by atoms with E-state index in [1.54, 1.807) is 6.92 Å². The SMILES string of the molecule is C#CC#CC#CC#CC#CC.CC[C@]12CC[C@@](C)(O)C[C@H]1CC[C@H]1[C@@H]3CC[C@H](C(=O)CBr)[C@@]3(C)CC[C@@H]12.CC[C@]12CC[C@@](C)(O)C[C@H]1CC[C@H]1[C@@H]3CC[C@H](C(=O)Cn4cc5cc(Cl)ccc5n4)[C@@]3(C)CC[C@@H]12. The Morgan fingerprint density at radius 3 is 1.67 bits per heavy atom. The molecule has 0 aliphatic heterocycles. The first-order chi connectivity index (χ1) is 34.3. The van der Waals surface area contributed by atoms with E-state index in [0.29, 0.717) is 57.0 Å². The van der Waals surface area contributed by atoms with Gasteiger partial charge in [-0.25, -0.2) is 0 Å². The molecule has 0 unspecified atom stereocenters. The first-order valence-corrected chi connectivity index (χ1v) is 29.4. The number of halogens is 2. The Balaban J connectivity index is 0.000000165. The molecule has 1 aromatic carbocycles. The second kappa shape index (κ2) is 22.0. The van der Waals surface area contributed by atoms with E-state index in [9.17, 15) is 19.8 Å². The number of ketones is 2. The zero-order valence-electron chi connectivity index (χ0n) is 44.6. The van der Waals surface area contributed by atoms with Crippen molar-refractivity contribution in [1.29, 1.82) is 0 Å². The minimum Gasteiger partial charge on any atom is -0.390 e. The molecule has 72 heavy (non-hydrogen) atoms. The first kappa shape index (κ1) is 54.8. The average molecular weight is 1060 g/mol. The van der Waals surface area contributed by atoms with Gasteiger partial charge in [0, 0.05) is 28.4 Å². The number of aromatic nitrogens is 2. The van der Waals surface area contributed by atoms with Crippen LogP contribution in [0.5, 0.6) is 0 Å². The third-order valence-electron chi connectivity index (χ3n) is 21.9. The molecule has 0 radical (unpaired) electrons. The highest BCUT2D eigenvalue weighted by Crippen LogP contribution is 2.71. The predicted molar refractivity (Wildman–Crippen MR) is 295 cm³/mol. The molecule has 8 fully saturated rings. The number of alkyl halides is 1. The lowest BCUT2D eigenvalue weighted by molar-refractivity contribution is -0.158. The lowest BCUT2D eigenvalue weighted by Gasteiger charge is -2.63. The fourth-order valence-corrected chi connectivity index (χ4v) is 19.3. The number of carbonyl (C=O) groups is 2. The summed E-state index contributed by atoms with van der Waals surface area (Å²) >= 11 is 9.59. The van der Waals surface area contributed by atoms with E-state index >= 15 is 0 Å². The smallest absolute Gasteiger partial charge is 0.157 e. The summed E-state index contributed by atoms with van der Waals surface area (Å²) in [5.74, 6) is 29.2. The van der Waals surface area contributed by atoms with Crippen molar-refractivity contribution in [2.75, 3.05) is 5.33 Å². The molecular formula is C64H82BrClN2O4. The zero-order chi connectivity index (χ0) is 51.7. The van der Waals surface area contributed by atoms with Crippen LogP contribution in [0.3, 0.4) is 0 Å². The van der Waals surface area contributed by atoms with Crippen molar-refractivity contribution in [3.8, 4) is 59.7 Å². The summed E-state index contributed by atoms with van der Waals surface area (Å²) in [6.07, 6.45) is 30.5. The predicted octanol–water partition coefficient (Wildman–Crippen LogP) is 13.5. The Morgan fingerprint density at radius 1 is 0.681 bits per heavy atom. The summed E-state index contributed by atoms with van der Waals surface area (Å²) in [6, 6.07) is 5.70. The van der Waals surface area contributed by atoms with Gasteiger partial charge in [0.05, 0.1) is 28.6 Å². The van der Waals surface area contributed by atoms with E-state index in [4.69, 9.17) is 18.0 Å². The number of fused-ring (bicyclic) bond motifs is 11. The van der Waals surface area contributed by atoms with Crippen LogP contribution in [-0.4, -0.2) is 48.1 Å². The molecule has 0 bridgehead atoms. The summed E-state index contributed by atoms with van der Waals surface area (Å²) in [7, 11) is 0. The average Bonchev–Trinajstić information content (AvgIpc) is 4.05. The fraction of sp³-hybridized carbons (Fsp3) is 0.703. The van der Waals surface area contributed by atoms with E-state index in [2.05, 4.69) is 116 Å². The molecule has 1 heterocycles. The van der Waals surface area contributed by atoms with Crippen LogP contribution in [0.15, 0.2) is 24.4 Å². The summed E-state index contributed by atoms with van der Waals surface area (Å²) in [6.45, 7) is 15.9. The molecule has 1 aromatic heterocycles. The van der Waals surface area contributed by atoms with Crippen LogP contribution < -0.4 is 0 Å². The van der Waals surface area contributed by atoms with Gasteiger partial charge in [0.1, 0.15) is 5.78 Å². The maximum absolute atomic E-state index is 13.7. The molecule has 0 saturated heterocycles. The Kier molecular flexibility index (Phi) is 16.7. The normalized spacial score (nSPS) is 40.8. The summed E-state index contributed by atoms with van der Waals surface area (Å²) in [5, 5.41) is 28.4. The van der Waals surface area contributed by atoms with E-state index in [0.717, 1.165) is 79.0 Å². The lowest BCUT2D eigenvalue weighted by atomic mass is 9.42. The van der Waals surface area contributed by atoms with Crippen molar-refractivity contribution >= 4 is 50.0 Å². The number of benzene rings is 1. The number of nitrogens with zero attached hydrogens (tertiary/aromatic N) is 2. The molecule has 16 atom stereocenters. The van der Waals surface area contributed by atoms with Gasteiger partial charge in [-0.15, -0.1) is 6.42 Å². The number of aliphatic hydroxyl groups is 2. The Hall–Kier alpha value is -3.48. The Morgan fingerprint density at radius 2 is 1.18 bits per heavy atom. The molecule has 8 aliphatic rings. The molecule has 8 heteroatoms. The number of hydrogen-bond acceptors (Lipinski definition) is 5. The van der Waals surface area contributed by atoms with Gasteiger partial charge in [0.25, 0.3) is 0 Å². The van der Waals surface area contributed by atoms with Crippen molar-refractivity contribution in [1.82, 2.24) is 9.78 Å². The Bertz CT molecular complexity index is 2650. The maximum atomic E-state index is 13.7. The molecule has 0 spiro atoms. The van der Waals surface area contributed by atoms with Gasteiger partial charge >= 0.3 is 0 Å². The second-order valence-electron chi connectivity index (χ2n) is 25.1. The molecule has 0 amide bonds. The van der Waals surface area contributed by atoms with Crippen LogP contribution in [0, 0.1) is 141 Å². The highest BCUT2D eigenvalue weighted by molar-refractivity contribution is 9.09. The minimum atomic E-state index is -0.479. The van der Waals surface area contributed by atoms with Gasteiger partial charge in [-0.1, -0.05) is 61.1 Å². The number of hydrogen-bond donors (Lipinski definition) is 2. The Labute approximate surface area is 447 Å². The van der Waals surface area contributed by atoms with Crippen molar-refractivity contribution in [2.24, 2.45) is 80.8 Å². The molecule has 8 saturated carbocycles. The van der Waals surface area contributed by atoms with Crippen LogP contribution >= 0.6 is 27.5 Å². The third-order valence-corrected chi connectivity index (χ3v) is 22.7. The van der Waals surface area contributed by atoms with Crippen LogP contribution in [0.4, 0.5) is 0 Å². The fourth-order valence-electron chi connectivity index (χ4n) is 18.7. The summed E-state index contributed by atoms with van der Waals surface area (Å²) < 4.78 is 1.83. The maximum Gasteiger partial charge on any atom is 0.157 e. The van der Waals surface area contributed by atoms with E-state index in [1.807, 2.05) is 29.1 Å².